The van der Waals surface area contributed by atoms with Crippen molar-refractivity contribution in [3.63, 3.8) is 0 Å². The Balaban J connectivity index is 2.20. The van der Waals surface area contributed by atoms with E-state index < -0.39 is 0 Å². The number of carbonyl (C=O) groups excluding carboxylic acids is 1. The molecule has 0 spiro atoms. The van der Waals surface area contributed by atoms with Crippen LogP contribution in [0.4, 0.5) is 0 Å². The second kappa shape index (κ2) is 5.14. The quantitative estimate of drug-likeness (QED) is 0.532. The SMILES string of the molecule is Cc1cccc(C#CC(=O)c2ccccc2)c1. The zero-order valence-electron chi connectivity index (χ0n) is 9.60. The predicted octanol–water partition coefficient (Wildman–Crippen LogP) is 3.23. The summed E-state index contributed by atoms with van der Waals surface area (Å²) in [5, 5.41) is 0. The highest BCUT2D eigenvalue weighted by Crippen LogP contribution is 2.03. The monoisotopic (exact) mass is 220 g/mol. The molecule has 0 aliphatic rings. The third-order valence-electron chi connectivity index (χ3n) is 2.37. The van der Waals surface area contributed by atoms with Crippen molar-refractivity contribution in [2.24, 2.45) is 0 Å². The summed E-state index contributed by atoms with van der Waals surface area (Å²) < 4.78 is 0. The highest BCUT2D eigenvalue weighted by molar-refractivity contribution is 6.09. The zero-order valence-corrected chi connectivity index (χ0v) is 9.60. The van der Waals surface area contributed by atoms with Crippen LogP contribution in [0.1, 0.15) is 21.5 Å². The molecule has 0 radical (unpaired) electrons. The molecule has 0 amide bonds. The lowest BCUT2D eigenvalue weighted by molar-refractivity contribution is 0.105. The van der Waals surface area contributed by atoms with Crippen LogP contribution < -0.4 is 0 Å². The van der Waals surface area contributed by atoms with Crippen LogP contribution in [0, 0.1) is 18.8 Å². The van der Waals surface area contributed by atoms with Crippen molar-refractivity contribution in [3.8, 4) is 11.8 Å². The first-order chi connectivity index (χ1) is 8.25. The highest BCUT2D eigenvalue weighted by atomic mass is 16.1. The van der Waals surface area contributed by atoms with Crippen LogP contribution in [0.5, 0.6) is 0 Å². The molecule has 17 heavy (non-hydrogen) atoms. The van der Waals surface area contributed by atoms with Crippen LogP contribution in [-0.2, 0) is 0 Å². The number of ketones is 1. The van der Waals surface area contributed by atoms with Gasteiger partial charge in [-0.1, -0.05) is 48.4 Å². The minimum absolute atomic E-state index is 0.146. The number of hydrogen-bond acceptors (Lipinski definition) is 1. The Morgan fingerprint density at radius 1 is 1.00 bits per heavy atom. The van der Waals surface area contributed by atoms with Crippen LogP contribution in [-0.4, -0.2) is 5.78 Å². The molecule has 0 saturated carbocycles. The molecular weight excluding hydrogens is 208 g/mol. The first-order valence-corrected chi connectivity index (χ1v) is 5.44. The molecule has 2 rings (SSSR count). The largest absolute Gasteiger partial charge is 0.279 e. The Bertz CT molecular complexity index is 586. The van der Waals surface area contributed by atoms with E-state index in [1.807, 2.05) is 49.4 Å². The summed E-state index contributed by atoms with van der Waals surface area (Å²) in [6.07, 6.45) is 0. The maximum Gasteiger partial charge on any atom is 0.236 e. The third-order valence-corrected chi connectivity index (χ3v) is 2.37. The number of benzene rings is 2. The molecule has 1 heteroatoms. The molecule has 0 heterocycles. The van der Waals surface area contributed by atoms with Crippen molar-refractivity contribution in [1.29, 1.82) is 0 Å². The van der Waals surface area contributed by atoms with Gasteiger partial charge in [-0.15, -0.1) is 0 Å². The van der Waals surface area contributed by atoms with E-state index in [1.54, 1.807) is 12.1 Å². The van der Waals surface area contributed by atoms with Gasteiger partial charge in [-0.25, -0.2) is 0 Å². The number of hydrogen-bond donors (Lipinski definition) is 0. The zero-order chi connectivity index (χ0) is 12.1. The summed E-state index contributed by atoms with van der Waals surface area (Å²) in [5.74, 6) is 5.39. The van der Waals surface area contributed by atoms with E-state index in [4.69, 9.17) is 0 Å². The minimum atomic E-state index is -0.146. The second-order valence-electron chi connectivity index (χ2n) is 3.81. The Morgan fingerprint density at radius 3 is 2.47 bits per heavy atom. The lowest BCUT2D eigenvalue weighted by Gasteiger charge is -1.93. The Hall–Kier alpha value is -2.33. The molecular formula is C16H12O. The van der Waals surface area contributed by atoms with Gasteiger partial charge in [0, 0.05) is 11.1 Å². The summed E-state index contributed by atoms with van der Waals surface area (Å²) in [5.41, 5.74) is 2.64. The van der Waals surface area contributed by atoms with E-state index >= 15 is 0 Å². The average Bonchev–Trinajstić information content (AvgIpc) is 2.37. The van der Waals surface area contributed by atoms with Crippen LogP contribution in [0.15, 0.2) is 54.6 Å². The highest BCUT2D eigenvalue weighted by Gasteiger charge is 1.99. The first-order valence-electron chi connectivity index (χ1n) is 5.44. The Labute approximate surface area is 101 Å². The summed E-state index contributed by atoms with van der Waals surface area (Å²) in [7, 11) is 0. The number of carbonyl (C=O) groups is 1. The van der Waals surface area contributed by atoms with E-state index in [1.165, 1.54) is 0 Å². The van der Waals surface area contributed by atoms with Crippen molar-refractivity contribution < 1.29 is 4.79 Å². The molecule has 2 aromatic rings. The van der Waals surface area contributed by atoms with Crippen molar-refractivity contribution in [2.75, 3.05) is 0 Å². The summed E-state index contributed by atoms with van der Waals surface area (Å²) >= 11 is 0. The molecule has 1 nitrogen and oxygen atoms in total. The van der Waals surface area contributed by atoms with Gasteiger partial charge < -0.3 is 0 Å². The van der Waals surface area contributed by atoms with Gasteiger partial charge in [-0.05, 0) is 30.5 Å². The molecule has 0 unspecified atom stereocenters. The van der Waals surface area contributed by atoms with Crippen LogP contribution >= 0.6 is 0 Å². The fourth-order valence-electron chi connectivity index (χ4n) is 1.51. The van der Waals surface area contributed by atoms with E-state index in [0.29, 0.717) is 5.56 Å². The van der Waals surface area contributed by atoms with Crippen molar-refractivity contribution in [2.45, 2.75) is 6.92 Å². The fraction of sp³-hybridized carbons (Fsp3) is 0.0625. The van der Waals surface area contributed by atoms with E-state index in [2.05, 4.69) is 11.8 Å². The van der Waals surface area contributed by atoms with Crippen molar-refractivity contribution >= 4 is 5.78 Å². The van der Waals surface area contributed by atoms with Crippen LogP contribution in [0.3, 0.4) is 0 Å². The third kappa shape index (κ3) is 3.06. The van der Waals surface area contributed by atoms with Gasteiger partial charge in [0.2, 0.25) is 5.78 Å². The average molecular weight is 220 g/mol. The normalized spacial score (nSPS) is 9.24. The fourth-order valence-corrected chi connectivity index (χ4v) is 1.51. The van der Waals surface area contributed by atoms with Gasteiger partial charge in [-0.3, -0.25) is 4.79 Å². The van der Waals surface area contributed by atoms with Crippen LogP contribution in [0.25, 0.3) is 0 Å². The Morgan fingerprint density at radius 2 is 1.76 bits per heavy atom. The van der Waals surface area contributed by atoms with Gasteiger partial charge in [0.1, 0.15) is 0 Å². The standard InChI is InChI=1S/C16H12O/c1-13-6-5-7-14(12-13)10-11-16(17)15-8-3-2-4-9-15/h2-9,12H,1H3. The lowest BCUT2D eigenvalue weighted by Crippen LogP contribution is -1.93. The summed E-state index contributed by atoms with van der Waals surface area (Å²) in [4.78, 5) is 11.7. The molecule has 0 aromatic heterocycles. The van der Waals surface area contributed by atoms with Crippen molar-refractivity contribution in [1.82, 2.24) is 0 Å². The minimum Gasteiger partial charge on any atom is -0.279 e. The summed E-state index contributed by atoms with van der Waals surface area (Å²) in [6.45, 7) is 2.00. The van der Waals surface area contributed by atoms with Gasteiger partial charge >= 0.3 is 0 Å². The summed E-state index contributed by atoms with van der Waals surface area (Å²) in [6, 6.07) is 16.9. The maximum atomic E-state index is 11.7. The van der Waals surface area contributed by atoms with Gasteiger partial charge in [-0.2, -0.15) is 0 Å². The van der Waals surface area contributed by atoms with Crippen molar-refractivity contribution in [3.05, 3.63) is 71.3 Å². The number of rotatable bonds is 1. The molecule has 0 aliphatic heterocycles. The molecule has 2 aromatic carbocycles. The maximum absolute atomic E-state index is 11.7. The first kappa shape index (κ1) is 11.2. The Kier molecular flexibility index (Phi) is 3.37. The number of Topliss-reactive ketones (excluding diaryl/α,β-unsaturated/α-hetero) is 1. The molecule has 0 N–H and O–H groups in total. The van der Waals surface area contributed by atoms with Gasteiger partial charge in [0.15, 0.2) is 0 Å². The smallest absolute Gasteiger partial charge is 0.236 e. The van der Waals surface area contributed by atoms with Gasteiger partial charge in [0.05, 0.1) is 0 Å². The molecule has 0 aliphatic carbocycles. The van der Waals surface area contributed by atoms with E-state index in [9.17, 15) is 4.79 Å². The van der Waals surface area contributed by atoms with E-state index in [0.717, 1.165) is 11.1 Å². The second-order valence-corrected chi connectivity index (χ2v) is 3.81. The van der Waals surface area contributed by atoms with E-state index in [-0.39, 0.29) is 5.78 Å². The molecule has 82 valence electrons. The number of aryl methyl sites for hydroxylation is 1. The van der Waals surface area contributed by atoms with Crippen LogP contribution in [0.2, 0.25) is 0 Å². The molecule has 0 saturated heterocycles. The molecule has 0 bridgehead atoms. The molecule has 0 atom stereocenters. The van der Waals surface area contributed by atoms with Gasteiger partial charge in [0.25, 0.3) is 0 Å². The molecule has 0 fully saturated rings. The lowest BCUT2D eigenvalue weighted by atomic mass is 10.1. The topological polar surface area (TPSA) is 17.1 Å². The predicted molar refractivity (Wildman–Crippen MR) is 68.8 cm³/mol.